The standard InChI is InChI=1S/C23H24FN3O4/c1-31-20-9-5-2-6-17(20)23(30)26-12-10-25(11-13-26)22(29)16-14-21(28)27(15-16)19-8-4-3-7-18(19)24/h2-9,16H,10-15H2,1H3/t16-/m1/s1. The molecule has 31 heavy (non-hydrogen) atoms. The second kappa shape index (κ2) is 8.75. The van der Waals surface area contributed by atoms with E-state index < -0.39 is 11.7 Å². The molecular weight excluding hydrogens is 401 g/mol. The SMILES string of the molecule is COc1ccccc1C(=O)N1CCN(C(=O)[C@@H]2CC(=O)N(c3ccccc3F)C2)CC1. The summed E-state index contributed by atoms with van der Waals surface area (Å²) >= 11 is 0. The third-order valence-electron chi connectivity index (χ3n) is 5.83. The Morgan fingerprint density at radius 1 is 0.968 bits per heavy atom. The quantitative estimate of drug-likeness (QED) is 0.753. The van der Waals surface area contributed by atoms with Crippen LogP contribution in [0.3, 0.4) is 0 Å². The second-order valence-corrected chi connectivity index (χ2v) is 7.67. The first-order valence-corrected chi connectivity index (χ1v) is 10.3. The van der Waals surface area contributed by atoms with Crippen molar-refractivity contribution in [2.45, 2.75) is 6.42 Å². The molecule has 162 valence electrons. The van der Waals surface area contributed by atoms with Crippen LogP contribution in [-0.4, -0.2) is 67.4 Å². The lowest BCUT2D eigenvalue weighted by Crippen LogP contribution is -2.52. The van der Waals surface area contributed by atoms with Crippen LogP contribution in [-0.2, 0) is 9.59 Å². The summed E-state index contributed by atoms with van der Waals surface area (Å²) in [5.74, 6) is -0.990. The monoisotopic (exact) mass is 425 g/mol. The molecule has 2 aromatic rings. The Kier molecular flexibility index (Phi) is 5.88. The van der Waals surface area contributed by atoms with Gasteiger partial charge in [-0.25, -0.2) is 4.39 Å². The highest BCUT2D eigenvalue weighted by atomic mass is 19.1. The maximum atomic E-state index is 14.1. The zero-order valence-electron chi connectivity index (χ0n) is 17.3. The number of nitrogens with zero attached hydrogens (tertiary/aromatic N) is 3. The largest absolute Gasteiger partial charge is 0.496 e. The number of para-hydroxylation sites is 2. The van der Waals surface area contributed by atoms with Gasteiger partial charge in [0.15, 0.2) is 0 Å². The number of carbonyl (C=O) groups excluding carboxylic acids is 3. The summed E-state index contributed by atoms with van der Waals surface area (Å²) in [6.45, 7) is 1.76. The van der Waals surface area contributed by atoms with Crippen molar-refractivity contribution in [1.82, 2.24) is 9.80 Å². The van der Waals surface area contributed by atoms with Gasteiger partial charge in [0, 0.05) is 39.1 Å². The first-order valence-electron chi connectivity index (χ1n) is 10.3. The van der Waals surface area contributed by atoms with E-state index in [0.717, 1.165) is 0 Å². The van der Waals surface area contributed by atoms with Crippen molar-refractivity contribution < 1.29 is 23.5 Å². The lowest BCUT2D eigenvalue weighted by Gasteiger charge is -2.36. The number of anilines is 1. The summed E-state index contributed by atoms with van der Waals surface area (Å²) in [7, 11) is 1.52. The molecule has 7 nitrogen and oxygen atoms in total. The van der Waals surface area contributed by atoms with Gasteiger partial charge < -0.3 is 19.4 Å². The molecule has 2 aliphatic heterocycles. The van der Waals surface area contributed by atoms with Gasteiger partial charge in [0.2, 0.25) is 11.8 Å². The van der Waals surface area contributed by atoms with Crippen molar-refractivity contribution in [2.75, 3.05) is 44.7 Å². The van der Waals surface area contributed by atoms with Gasteiger partial charge in [-0.1, -0.05) is 24.3 Å². The van der Waals surface area contributed by atoms with Crippen LogP contribution in [0.15, 0.2) is 48.5 Å². The van der Waals surface area contributed by atoms with Crippen molar-refractivity contribution in [3.05, 3.63) is 59.9 Å². The predicted molar refractivity (Wildman–Crippen MR) is 112 cm³/mol. The molecule has 0 N–H and O–H groups in total. The topological polar surface area (TPSA) is 70.2 Å². The average molecular weight is 425 g/mol. The molecule has 8 heteroatoms. The zero-order chi connectivity index (χ0) is 22.0. The zero-order valence-corrected chi connectivity index (χ0v) is 17.3. The fraction of sp³-hybridized carbons (Fsp3) is 0.348. The highest BCUT2D eigenvalue weighted by molar-refractivity contribution is 6.00. The molecule has 2 saturated heterocycles. The predicted octanol–water partition coefficient (Wildman–Crippen LogP) is 2.17. The summed E-state index contributed by atoms with van der Waals surface area (Å²) in [6, 6.07) is 13.1. The minimum absolute atomic E-state index is 0.0630. The number of methoxy groups -OCH3 is 1. The van der Waals surface area contributed by atoms with Gasteiger partial charge in [-0.15, -0.1) is 0 Å². The minimum atomic E-state index is -0.511. The number of carbonyl (C=O) groups is 3. The molecule has 2 aromatic carbocycles. The van der Waals surface area contributed by atoms with Crippen LogP contribution in [0.4, 0.5) is 10.1 Å². The molecule has 1 atom stereocenters. The first-order chi connectivity index (χ1) is 15.0. The van der Waals surface area contributed by atoms with Crippen LogP contribution in [0.1, 0.15) is 16.8 Å². The maximum absolute atomic E-state index is 14.1. The van der Waals surface area contributed by atoms with Crippen LogP contribution in [0, 0.1) is 11.7 Å². The Labute approximate surface area is 180 Å². The number of hydrogen-bond donors (Lipinski definition) is 0. The van der Waals surface area contributed by atoms with E-state index in [9.17, 15) is 18.8 Å². The molecule has 2 heterocycles. The maximum Gasteiger partial charge on any atom is 0.257 e. The fourth-order valence-corrected chi connectivity index (χ4v) is 4.16. The summed E-state index contributed by atoms with van der Waals surface area (Å²) in [5.41, 5.74) is 0.696. The summed E-state index contributed by atoms with van der Waals surface area (Å²) in [6.07, 6.45) is 0.0630. The molecule has 0 spiro atoms. The van der Waals surface area contributed by atoms with Gasteiger partial charge in [-0.2, -0.15) is 0 Å². The van der Waals surface area contributed by atoms with Gasteiger partial charge in [0.05, 0.1) is 24.3 Å². The minimum Gasteiger partial charge on any atom is -0.496 e. The normalized spacial score (nSPS) is 19.0. The lowest BCUT2D eigenvalue weighted by molar-refractivity contribution is -0.137. The number of halogens is 1. The van der Waals surface area contributed by atoms with Crippen molar-refractivity contribution in [2.24, 2.45) is 5.92 Å². The van der Waals surface area contributed by atoms with Crippen LogP contribution < -0.4 is 9.64 Å². The van der Waals surface area contributed by atoms with E-state index in [0.29, 0.717) is 37.5 Å². The Morgan fingerprint density at radius 2 is 1.61 bits per heavy atom. The summed E-state index contributed by atoms with van der Waals surface area (Å²) in [5, 5.41) is 0. The number of hydrogen-bond acceptors (Lipinski definition) is 4. The van der Waals surface area contributed by atoms with Crippen molar-refractivity contribution in [3.63, 3.8) is 0 Å². The number of amides is 3. The van der Waals surface area contributed by atoms with E-state index in [1.165, 1.54) is 18.1 Å². The van der Waals surface area contributed by atoms with Gasteiger partial charge in [-0.3, -0.25) is 14.4 Å². The third-order valence-corrected chi connectivity index (χ3v) is 5.83. The highest BCUT2D eigenvalue weighted by Gasteiger charge is 2.39. The van der Waals surface area contributed by atoms with Crippen molar-refractivity contribution in [3.8, 4) is 5.75 Å². The molecule has 2 fully saturated rings. The van der Waals surface area contributed by atoms with E-state index in [-0.39, 0.29) is 36.4 Å². The molecule has 0 saturated carbocycles. The number of benzene rings is 2. The van der Waals surface area contributed by atoms with E-state index in [1.807, 2.05) is 0 Å². The van der Waals surface area contributed by atoms with Crippen LogP contribution >= 0.6 is 0 Å². The molecule has 3 amide bonds. The van der Waals surface area contributed by atoms with Crippen LogP contribution in [0.25, 0.3) is 0 Å². The van der Waals surface area contributed by atoms with Crippen molar-refractivity contribution in [1.29, 1.82) is 0 Å². The molecule has 0 aromatic heterocycles. The van der Waals surface area contributed by atoms with Crippen LogP contribution in [0.5, 0.6) is 5.75 Å². The summed E-state index contributed by atoms with van der Waals surface area (Å²) in [4.78, 5) is 43.0. The third kappa shape index (κ3) is 4.10. The highest BCUT2D eigenvalue weighted by Crippen LogP contribution is 2.28. The summed E-state index contributed by atoms with van der Waals surface area (Å²) < 4.78 is 19.3. The Morgan fingerprint density at radius 3 is 2.32 bits per heavy atom. The number of rotatable bonds is 4. The van der Waals surface area contributed by atoms with Gasteiger partial charge in [-0.05, 0) is 24.3 Å². The van der Waals surface area contributed by atoms with E-state index in [2.05, 4.69) is 0 Å². The van der Waals surface area contributed by atoms with E-state index >= 15 is 0 Å². The van der Waals surface area contributed by atoms with Crippen LogP contribution in [0.2, 0.25) is 0 Å². The second-order valence-electron chi connectivity index (χ2n) is 7.67. The van der Waals surface area contributed by atoms with E-state index in [4.69, 9.17) is 4.74 Å². The number of ether oxygens (including phenoxy) is 1. The molecule has 0 aliphatic carbocycles. The average Bonchev–Trinajstić information content (AvgIpc) is 3.19. The first kappa shape index (κ1) is 20.8. The lowest BCUT2D eigenvalue weighted by atomic mass is 10.1. The van der Waals surface area contributed by atoms with Gasteiger partial charge in [0.1, 0.15) is 11.6 Å². The smallest absolute Gasteiger partial charge is 0.257 e. The van der Waals surface area contributed by atoms with Crippen molar-refractivity contribution >= 4 is 23.4 Å². The Bertz CT molecular complexity index is 1000. The molecule has 0 bridgehead atoms. The molecule has 0 radical (unpaired) electrons. The van der Waals surface area contributed by atoms with Gasteiger partial charge >= 0.3 is 0 Å². The molecule has 2 aliphatic rings. The molecule has 0 unspecified atom stereocenters. The fourth-order valence-electron chi connectivity index (χ4n) is 4.16. The molecule has 4 rings (SSSR count). The Balaban J connectivity index is 1.37. The number of piperazine rings is 1. The van der Waals surface area contributed by atoms with Gasteiger partial charge in [0.25, 0.3) is 5.91 Å². The molecular formula is C23H24FN3O4. The van der Waals surface area contributed by atoms with E-state index in [1.54, 1.807) is 52.3 Å². The Hall–Kier alpha value is -3.42.